The molecule has 0 aliphatic carbocycles. The summed E-state index contributed by atoms with van der Waals surface area (Å²) in [7, 11) is 1.58. The lowest BCUT2D eigenvalue weighted by atomic mass is 10.2. The Bertz CT molecular complexity index is 537. The first-order chi connectivity index (χ1) is 10.2. The molecule has 0 spiro atoms. The molecule has 0 aromatic heterocycles. The number of methoxy groups -OCH3 is 1. The molecule has 1 aromatic rings. The van der Waals surface area contributed by atoms with Crippen LogP contribution < -0.4 is 9.64 Å². The molecular formula is C15H18N2O4. The number of anilines is 1. The molecule has 112 valence electrons. The number of ether oxygens (including phenoxy) is 2. The zero-order chi connectivity index (χ0) is 14.8. The maximum atomic E-state index is 12.6. The summed E-state index contributed by atoms with van der Waals surface area (Å²) in [6.45, 7) is 2.61. The molecule has 2 heterocycles. The summed E-state index contributed by atoms with van der Waals surface area (Å²) in [5, 5.41) is 0. The van der Waals surface area contributed by atoms with Gasteiger partial charge in [-0.25, -0.2) is 4.90 Å². The largest absolute Gasteiger partial charge is 0.497 e. The Morgan fingerprint density at radius 2 is 1.81 bits per heavy atom. The molecule has 6 nitrogen and oxygen atoms in total. The standard InChI is InChI=1S/C15H18N2O4/c1-20-12-4-2-11(3-5-12)17-14(18)10-13(15(17)19)16-6-8-21-9-7-16/h2-5,13H,6-10H2,1H3/t13-/m1/s1. The number of carbonyl (C=O) groups excluding carboxylic acids is 2. The van der Waals surface area contributed by atoms with E-state index in [9.17, 15) is 9.59 Å². The summed E-state index contributed by atoms with van der Waals surface area (Å²) >= 11 is 0. The van der Waals surface area contributed by atoms with Crippen molar-refractivity contribution in [3.8, 4) is 5.75 Å². The summed E-state index contributed by atoms with van der Waals surface area (Å²) < 4.78 is 10.4. The highest BCUT2D eigenvalue weighted by Crippen LogP contribution is 2.27. The van der Waals surface area contributed by atoms with Crippen LogP contribution in [0.3, 0.4) is 0 Å². The zero-order valence-electron chi connectivity index (χ0n) is 11.9. The van der Waals surface area contributed by atoms with Crippen molar-refractivity contribution in [3.05, 3.63) is 24.3 Å². The van der Waals surface area contributed by atoms with Crippen LogP contribution in [-0.2, 0) is 14.3 Å². The SMILES string of the molecule is COc1ccc(N2C(=O)C[C@@H](N3CCOCC3)C2=O)cc1. The van der Waals surface area contributed by atoms with E-state index in [1.807, 2.05) is 4.90 Å². The second kappa shape index (κ2) is 5.83. The fraction of sp³-hybridized carbons (Fsp3) is 0.467. The minimum Gasteiger partial charge on any atom is -0.497 e. The van der Waals surface area contributed by atoms with Gasteiger partial charge in [-0.05, 0) is 24.3 Å². The number of imide groups is 1. The number of morpholine rings is 1. The Kier molecular flexibility index (Phi) is 3.90. The van der Waals surface area contributed by atoms with E-state index in [-0.39, 0.29) is 24.3 Å². The lowest BCUT2D eigenvalue weighted by molar-refractivity contribution is -0.123. The fourth-order valence-corrected chi connectivity index (χ4v) is 2.79. The predicted octanol–water partition coefficient (Wildman–Crippen LogP) is 0.659. The van der Waals surface area contributed by atoms with Gasteiger partial charge in [-0.2, -0.15) is 0 Å². The highest BCUT2D eigenvalue weighted by Gasteiger charge is 2.42. The minimum absolute atomic E-state index is 0.146. The Morgan fingerprint density at radius 1 is 1.14 bits per heavy atom. The highest BCUT2D eigenvalue weighted by atomic mass is 16.5. The summed E-state index contributed by atoms with van der Waals surface area (Å²) in [6.07, 6.45) is 0.241. The average Bonchev–Trinajstić information content (AvgIpc) is 2.83. The quantitative estimate of drug-likeness (QED) is 0.765. The molecule has 2 fully saturated rings. The number of hydrogen-bond donors (Lipinski definition) is 0. The van der Waals surface area contributed by atoms with Gasteiger partial charge in [0.05, 0.1) is 38.5 Å². The van der Waals surface area contributed by atoms with Gasteiger partial charge in [0.15, 0.2) is 0 Å². The van der Waals surface area contributed by atoms with E-state index in [4.69, 9.17) is 9.47 Å². The first-order valence-electron chi connectivity index (χ1n) is 7.03. The Balaban J connectivity index is 1.79. The van der Waals surface area contributed by atoms with Crippen molar-refractivity contribution in [2.24, 2.45) is 0 Å². The van der Waals surface area contributed by atoms with Crippen LogP contribution in [0.1, 0.15) is 6.42 Å². The molecule has 2 amide bonds. The van der Waals surface area contributed by atoms with Crippen LogP contribution in [-0.4, -0.2) is 56.2 Å². The molecule has 3 rings (SSSR count). The van der Waals surface area contributed by atoms with Gasteiger partial charge in [-0.15, -0.1) is 0 Å². The van der Waals surface area contributed by atoms with Gasteiger partial charge >= 0.3 is 0 Å². The van der Waals surface area contributed by atoms with Crippen LogP contribution in [0.2, 0.25) is 0 Å². The molecule has 1 atom stereocenters. The summed E-state index contributed by atoms with van der Waals surface area (Å²) in [6, 6.07) is 6.60. The first-order valence-corrected chi connectivity index (χ1v) is 7.03. The third kappa shape index (κ3) is 2.64. The molecule has 2 saturated heterocycles. The lowest BCUT2D eigenvalue weighted by Crippen LogP contribution is -2.47. The lowest BCUT2D eigenvalue weighted by Gasteiger charge is -2.30. The van der Waals surface area contributed by atoms with Gasteiger partial charge in [0.1, 0.15) is 5.75 Å². The summed E-state index contributed by atoms with van der Waals surface area (Å²) in [4.78, 5) is 28.1. The Morgan fingerprint density at radius 3 is 2.43 bits per heavy atom. The fourth-order valence-electron chi connectivity index (χ4n) is 2.79. The average molecular weight is 290 g/mol. The van der Waals surface area contributed by atoms with E-state index in [2.05, 4.69) is 0 Å². The normalized spacial score (nSPS) is 23.7. The number of rotatable bonds is 3. The van der Waals surface area contributed by atoms with Gasteiger partial charge in [-0.1, -0.05) is 0 Å². The van der Waals surface area contributed by atoms with Crippen molar-refractivity contribution in [1.29, 1.82) is 0 Å². The third-order valence-electron chi connectivity index (χ3n) is 3.94. The number of nitrogens with zero attached hydrogens (tertiary/aromatic N) is 2. The second-order valence-corrected chi connectivity index (χ2v) is 5.13. The molecule has 1 aromatic carbocycles. The number of benzene rings is 1. The highest BCUT2D eigenvalue weighted by molar-refractivity contribution is 6.22. The van der Waals surface area contributed by atoms with Crippen LogP contribution in [0.5, 0.6) is 5.75 Å². The third-order valence-corrected chi connectivity index (χ3v) is 3.94. The van der Waals surface area contributed by atoms with Crippen molar-refractivity contribution in [2.45, 2.75) is 12.5 Å². The van der Waals surface area contributed by atoms with Gasteiger partial charge < -0.3 is 9.47 Å². The number of carbonyl (C=O) groups is 2. The van der Waals surface area contributed by atoms with Gasteiger partial charge in [0.25, 0.3) is 5.91 Å². The van der Waals surface area contributed by atoms with E-state index < -0.39 is 0 Å². The molecule has 2 aliphatic rings. The molecule has 0 unspecified atom stereocenters. The summed E-state index contributed by atoms with van der Waals surface area (Å²) in [5.74, 6) is 0.399. The minimum atomic E-state index is -0.358. The van der Waals surface area contributed by atoms with Crippen LogP contribution >= 0.6 is 0 Å². The molecular weight excluding hydrogens is 272 g/mol. The second-order valence-electron chi connectivity index (χ2n) is 5.13. The predicted molar refractivity (Wildman–Crippen MR) is 76.3 cm³/mol. The molecule has 21 heavy (non-hydrogen) atoms. The Hall–Kier alpha value is -1.92. The maximum Gasteiger partial charge on any atom is 0.251 e. The van der Waals surface area contributed by atoms with Crippen molar-refractivity contribution in [2.75, 3.05) is 38.3 Å². The molecule has 0 N–H and O–H groups in total. The monoisotopic (exact) mass is 290 g/mol. The number of amides is 2. The van der Waals surface area contributed by atoms with Crippen molar-refractivity contribution in [1.82, 2.24) is 4.90 Å². The topological polar surface area (TPSA) is 59.1 Å². The van der Waals surface area contributed by atoms with Crippen molar-refractivity contribution in [3.63, 3.8) is 0 Å². The van der Waals surface area contributed by atoms with Gasteiger partial charge in [0.2, 0.25) is 5.91 Å². The van der Waals surface area contributed by atoms with Crippen LogP contribution in [0.25, 0.3) is 0 Å². The van der Waals surface area contributed by atoms with E-state index >= 15 is 0 Å². The van der Waals surface area contributed by atoms with Crippen LogP contribution in [0.4, 0.5) is 5.69 Å². The molecule has 2 aliphatic heterocycles. The smallest absolute Gasteiger partial charge is 0.251 e. The summed E-state index contributed by atoms with van der Waals surface area (Å²) in [5.41, 5.74) is 0.599. The van der Waals surface area contributed by atoms with E-state index in [1.54, 1.807) is 31.4 Å². The molecule has 6 heteroatoms. The van der Waals surface area contributed by atoms with Crippen LogP contribution in [0, 0.1) is 0 Å². The Labute approximate surface area is 123 Å². The van der Waals surface area contributed by atoms with Crippen LogP contribution in [0.15, 0.2) is 24.3 Å². The van der Waals surface area contributed by atoms with E-state index in [0.29, 0.717) is 37.7 Å². The molecule has 0 saturated carbocycles. The first kappa shape index (κ1) is 14.0. The van der Waals surface area contributed by atoms with Gasteiger partial charge in [0, 0.05) is 13.1 Å². The van der Waals surface area contributed by atoms with Crippen molar-refractivity contribution >= 4 is 17.5 Å². The van der Waals surface area contributed by atoms with E-state index in [0.717, 1.165) is 0 Å². The van der Waals surface area contributed by atoms with E-state index in [1.165, 1.54) is 4.90 Å². The van der Waals surface area contributed by atoms with Crippen molar-refractivity contribution < 1.29 is 19.1 Å². The maximum absolute atomic E-state index is 12.6. The molecule has 0 bridgehead atoms. The zero-order valence-corrected chi connectivity index (χ0v) is 11.9. The number of hydrogen-bond acceptors (Lipinski definition) is 5. The van der Waals surface area contributed by atoms with Gasteiger partial charge in [-0.3, -0.25) is 14.5 Å². The molecule has 0 radical (unpaired) electrons.